The van der Waals surface area contributed by atoms with Crippen molar-refractivity contribution in [3.8, 4) is 0 Å². The minimum Gasteiger partial charge on any atom is -0.352 e. The summed E-state index contributed by atoms with van der Waals surface area (Å²) in [4.78, 5) is 12.1. The van der Waals surface area contributed by atoms with E-state index in [1.165, 1.54) is 38.4 Å². The average Bonchev–Trinajstić information content (AvgIpc) is 2.59. The van der Waals surface area contributed by atoms with Crippen LogP contribution >= 0.6 is 0 Å². The first kappa shape index (κ1) is 19.1. The van der Waals surface area contributed by atoms with Gasteiger partial charge in [0.2, 0.25) is 15.9 Å². The molecule has 0 atom stereocenters. The Kier molecular flexibility index (Phi) is 6.27. The van der Waals surface area contributed by atoms with Crippen molar-refractivity contribution in [2.45, 2.75) is 24.3 Å². The van der Waals surface area contributed by atoms with Gasteiger partial charge in [0.1, 0.15) is 5.82 Å². The molecule has 1 amide bonds. The molecule has 0 radical (unpaired) electrons. The number of sulfonamides is 1. The second kappa shape index (κ2) is 8.22. The third-order valence-corrected chi connectivity index (χ3v) is 5.57. The third kappa shape index (κ3) is 5.37. The zero-order chi connectivity index (χ0) is 18.4. The van der Waals surface area contributed by atoms with E-state index in [0.717, 1.165) is 15.4 Å². The van der Waals surface area contributed by atoms with Gasteiger partial charge < -0.3 is 5.32 Å². The first-order valence-corrected chi connectivity index (χ1v) is 9.25. The molecule has 0 aliphatic carbocycles. The molecule has 0 unspecified atom stereocenters. The van der Waals surface area contributed by atoms with E-state index in [4.69, 9.17) is 0 Å². The summed E-state index contributed by atoms with van der Waals surface area (Å²) in [5, 5.41) is 2.79. The van der Waals surface area contributed by atoms with Crippen LogP contribution in [-0.2, 0) is 27.8 Å². The van der Waals surface area contributed by atoms with Gasteiger partial charge in [0, 0.05) is 27.1 Å². The summed E-state index contributed by atoms with van der Waals surface area (Å²) in [7, 11) is -0.494. The van der Waals surface area contributed by atoms with Gasteiger partial charge in [-0.1, -0.05) is 24.3 Å². The van der Waals surface area contributed by atoms with Crippen LogP contribution in [0.1, 0.15) is 17.5 Å². The highest BCUT2D eigenvalue weighted by molar-refractivity contribution is 7.89. The van der Waals surface area contributed by atoms with Crippen LogP contribution < -0.4 is 5.32 Å². The summed E-state index contributed by atoms with van der Waals surface area (Å²) in [6.07, 6.45) is 0.838. The quantitative estimate of drug-likeness (QED) is 0.820. The van der Waals surface area contributed by atoms with E-state index in [1.807, 2.05) is 0 Å². The lowest BCUT2D eigenvalue weighted by molar-refractivity contribution is -0.121. The number of aryl methyl sites for hydroxylation is 1. The Morgan fingerprint density at radius 3 is 2.12 bits per heavy atom. The topological polar surface area (TPSA) is 66.5 Å². The lowest BCUT2D eigenvalue weighted by Gasteiger charge is -2.12. The van der Waals surface area contributed by atoms with E-state index in [1.54, 1.807) is 24.3 Å². The van der Waals surface area contributed by atoms with Crippen LogP contribution in [0.15, 0.2) is 53.4 Å². The van der Waals surface area contributed by atoms with Crippen LogP contribution in [-0.4, -0.2) is 32.7 Å². The van der Waals surface area contributed by atoms with Gasteiger partial charge in [-0.2, -0.15) is 0 Å². The highest BCUT2D eigenvalue weighted by Gasteiger charge is 2.16. The molecule has 0 fully saturated rings. The summed E-state index contributed by atoms with van der Waals surface area (Å²) >= 11 is 0. The number of benzene rings is 2. The number of hydrogen-bond donors (Lipinski definition) is 1. The number of hydrogen-bond acceptors (Lipinski definition) is 3. The predicted octanol–water partition coefficient (Wildman–Crippen LogP) is 2.33. The van der Waals surface area contributed by atoms with Gasteiger partial charge in [-0.05, 0) is 41.8 Å². The minimum absolute atomic E-state index is 0.116. The van der Waals surface area contributed by atoms with E-state index >= 15 is 0 Å². The lowest BCUT2D eigenvalue weighted by Crippen LogP contribution is -2.23. The van der Waals surface area contributed by atoms with Crippen LogP contribution in [0.3, 0.4) is 0 Å². The number of carbonyl (C=O) groups is 1. The molecule has 2 aromatic rings. The van der Waals surface area contributed by atoms with Gasteiger partial charge in [0.25, 0.3) is 0 Å². The second-order valence-electron chi connectivity index (χ2n) is 5.83. The zero-order valence-electron chi connectivity index (χ0n) is 14.2. The molecule has 5 nitrogen and oxygen atoms in total. The van der Waals surface area contributed by atoms with Crippen molar-refractivity contribution in [3.05, 3.63) is 65.5 Å². The molecule has 134 valence electrons. The van der Waals surface area contributed by atoms with E-state index in [9.17, 15) is 17.6 Å². The van der Waals surface area contributed by atoms with E-state index < -0.39 is 10.0 Å². The molecule has 0 aliphatic rings. The monoisotopic (exact) mass is 364 g/mol. The fourth-order valence-corrected chi connectivity index (χ4v) is 3.09. The van der Waals surface area contributed by atoms with Gasteiger partial charge in [0.05, 0.1) is 4.90 Å². The van der Waals surface area contributed by atoms with Gasteiger partial charge in [-0.3, -0.25) is 4.79 Å². The Hall–Kier alpha value is -2.25. The SMILES string of the molecule is CN(C)S(=O)(=O)c1ccc(CNC(=O)CCc2ccc(F)cc2)cc1. The van der Waals surface area contributed by atoms with Crippen molar-refractivity contribution >= 4 is 15.9 Å². The van der Waals surface area contributed by atoms with Crippen molar-refractivity contribution in [2.75, 3.05) is 14.1 Å². The fraction of sp³-hybridized carbons (Fsp3) is 0.278. The fourth-order valence-electron chi connectivity index (χ4n) is 2.19. The van der Waals surface area contributed by atoms with Crippen LogP contribution in [0.4, 0.5) is 4.39 Å². The van der Waals surface area contributed by atoms with Gasteiger partial charge in [0.15, 0.2) is 0 Å². The average molecular weight is 364 g/mol. The van der Waals surface area contributed by atoms with Crippen LogP contribution in [0.25, 0.3) is 0 Å². The van der Waals surface area contributed by atoms with Crippen molar-refractivity contribution in [1.29, 1.82) is 0 Å². The van der Waals surface area contributed by atoms with Crippen LogP contribution in [0, 0.1) is 5.82 Å². The number of halogens is 1. The Bertz CT molecular complexity index is 816. The maximum absolute atomic E-state index is 12.8. The maximum atomic E-state index is 12.8. The van der Waals surface area contributed by atoms with Crippen molar-refractivity contribution in [3.63, 3.8) is 0 Å². The largest absolute Gasteiger partial charge is 0.352 e. The molecule has 0 bridgehead atoms. The molecule has 0 saturated heterocycles. The second-order valence-corrected chi connectivity index (χ2v) is 7.99. The molecule has 0 heterocycles. The summed E-state index contributed by atoms with van der Waals surface area (Å²) < 4.78 is 37.9. The highest BCUT2D eigenvalue weighted by Crippen LogP contribution is 2.14. The Morgan fingerprint density at radius 2 is 1.56 bits per heavy atom. The number of nitrogens with one attached hydrogen (secondary N) is 1. The number of rotatable bonds is 7. The van der Waals surface area contributed by atoms with E-state index in [2.05, 4.69) is 5.32 Å². The highest BCUT2D eigenvalue weighted by atomic mass is 32.2. The van der Waals surface area contributed by atoms with Gasteiger partial charge in [-0.25, -0.2) is 17.1 Å². The predicted molar refractivity (Wildman–Crippen MR) is 93.9 cm³/mol. The summed E-state index contributed by atoms with van der Waals surface area (Å²) in [6.45, 7) is 0.324. The number of amides is 1. The lowest BCUT2D eigenvalue weighted by atomic mass is 10.1. The van der Waals surface area contributed by atoms with Crippen molar-refractivity contribution in [2.24, 2.45) is 0 Å². The van der Waals surface area contributed by atoms with Gasteiger partial charge in [-0.15, -0.1) is 0 Å². The number of nitrogens with zero attached hydrogens (tertiary/aromatic N) is 1. The van der Waals surface area contributed by atoms with E-state index in [0.29, 0.717) is 19.4 Å². The molecular weight excluding hydrogens is 343 g/mol. The molecular formula is C18H21FN2O3S. The van der Waals surface area contributed by atoms with Crippen LogP contribution in [0.5, 0.6) is 0 Å². The first-order valence-electron chi connectivity index (χ1n) is 7.81. The first-order chi connectivity index (χ1) is 11.8. The van der Waals surface area contributed by atoms with Crippen molar-refractivity contribution in [1.82, 2.24) is 9.62 Å². The molecule has 25 heavy (non-hydrogen) atoms. The molecule has 0 spiro atoms. The smallest absolute Gasteiger partial charge is 0.242 e. The van der Waals surface area contributed by atoms with Gasteiger partial charge >= 0.3 is 0 Å². The molecule has 1 N–H and O–H groups in total. The Morgan fingerprint density at radius 1 is 1.00 bits per heavy atom. The van der Waals surface area contributed by atoms with Crippen LogP contribution in [0.2, 0.25) is 0 Å². The maximum Gasteiger partial charge on any atom is 0.242 e. The standard InChI is InChI=1S/C18H21FN2O3S/c1-21(2)25(23,24)17-10-5-15(6-11-17)13-20-18(22)12-7-14-3-8-16(19)9-4-14/h3-6,8-11H,7,12-13H2,1-2H3,(H,20,22). The molecule has 2 aromatic carbocycles. The Labute approximate surface area is 147 Å². The normalized spacial score (nSPS) is 11.5. The third-order valence-electron chi connectivity index (χ3n) is 3.75. The molecule has 0 aromatic heterocycles. The number of carbonyl (C=O) groups excluding carboxylic acids is 1. The molecule has 0 aliphatic heterocycles. The zero-order valence-corrected chi connectivity index (χ0v) is 15.0. The molecule has 2 rings (SSSR count). The molecule has 7 heteroatoms. The molecule has 0 saturated carbocycles. The summed E-state index contributed by atoms with van der Waals surface area (Å²) in [5.41, 5.74) is 1.71. The Balaban J connectivity index is 1.84. The summed E-state index contributed by atoms with van der Waals surface area (Å²) in [5.74, 6) is -0.415. The summed E-state index contributed by atoms with van der Waals surface area (Å²) in [6, 6.07) is 12.5. The minimum atomic E-state index is -3.45. The van der Waals surface area contributed by atoms with E-state index in [-0.39, 0.29) is 16.6 Å². The van der Waals surface area contributed by atoms with Crippen molar-refractivity contribution < 1.29 is 17.6 Å².